The Labute approximate surface area is 121 Å². The number of rotatable bonds is 2. The SMILES string of the molecule is CN1C(=O)CCNC(=O)[C@@H]1CC(=O)N1CCC(F)(F)CC1. The van der Waals surface area contributed by atoms with Gasteiger partial charge in [-0.25, -0.2) is 8.78 Å². The van der Waals surface area contributed by atoms with Gasteiger partial charge >= 0.3 is 0 Å². The molecular formula is C13H19F2N3O3. The molecule has 0 bridgehead atoms. The van der Waals surface area contributed by atoms with Crippen LogP contribution in [0.4, 0.5) is 8.78 Å². The summed E-state index contributed by atoms with van der Waals surface area (Å²) in [5, 5.41) is 2.58. The van der Waals surface area contributed by atoms with E-state index in [2.05, 4.69) is 5.32 Å². The molecule has 2 saturated heterocycles. The van der Waals surface area contributed by atoms with Crippen molar-refractivity contribution in [1.82, 2.24) is 15.1 Å². The van der Waals surface area contributed by atoms with E-state index in [9.17, 15) is 23.2 Å². The quantitative estimate of drug-likeness (QED) is 0.779. The molecule has 2 rings (SSSR count). The van der Waals surface area contributed by atoms with E-state index in [1.807, 2.05) is 0 Å². The fraction of sp³-hybridized carbons (Fsp3) is 0.769. The highest BCUT2D eigenvalue weighted by molar-refractivity contribution is 5.93. The van der Waals surface area contributed by atoms with Crippen molar-refractivity contribution in [3.63, 3.8) is 0 Å². The van der Waals surface area contributed by atoms with E-state index in [4.69, 9.17) is 0 Å². The number of carbonyl (C=O) groups excluding carboxylic acids is 3. The van der Waals surface area contributed by atoms with Crippen molar-refractivity contribution in [2.45, 2.75) is 37.6 Å². The predicted octanol–water partition coefficient (Wildman–Crippen LogP) is -0.0189. The van der Waals surface area contributed by atoms with Crippen LogP contribution in [0.15, 0.2) is 0 Å². The largest absolute Gasteiger partial charge is 0.354 e. The smallest absolute Gasteiger partial charge is 0.251 e. The van der Waals surface area contributed by atoms with Crippen molar-refractivity contribution < 1.29 is 23.2 Å². The van der Waals surface area contributed by atoms with Crippen LogP contribution in [0, 0.1) is 0 Å². The number of amides is 3. The standard InChI is InChI=1S/C13H19F2N3O3/c1-17-9(12(21)16-5-2-10(17)19)8-11(20)18-6-3-13(14,15)4-7-18/h9H,2-8H2,1H3,(H,16,21)/t9-/m0/s1. The molecule has 2 aliphatic rings. The summed E-state index contributed by atoms with van der Waals surface area (Å²) in [6.07, 6.45) is -0.683. The van der Waals surface area contributed by atoms with E-state index >= 15 is 0 Å². The van der Waals surface area contributed by atoms with Crippen molar-refractivity contribution in [2.24, 2.45) is 0 Å². The van der Waals surface area contributed by atoms with E-state index in [1.54, 1.807) is 0 Å². The van der Waals surface area contributed by atoms with Crippen LogP contribution in [0.5, 0.6) is 0 Å². The first-order valence-electron chi connectivity index (χ1n) is 6.99. The highest BCUT2D eigenvalue weighted by Gasteiger charge is 2.38. The molecular weight excluding hydrogens is 284 g/mol. The van der Waals surface area contributed by atoms with Crippen molar-refractivity contribution in [3.05, 3.63) is 0 Å². The summed E-state index contributed by atoms with van der Waals surface area (Å²) in [5.74, 6) is -3.67. The van der Waals surface area contributed by atoms with Crippen molar-refractivity contribution in [1.29, 1.82) is 0 Å². The molecule has 0 aliphatic carbocycles. The van der Waals surface area contributed by atoms with Crippen LogP contribution in [0.2, 0.25) is 0 Å². The number of piperidine rings is 1. The van der Waals surface area contributed by atoms with Crippen molar-refractivity contribution in [2.75, 3.05) is 26.7 Å². The summed E-state index contributed by atoms with van der Waals surface area (Å²) in [5.41, 5.74) is 0. The Morgan fingerprint density at radius 3 is 2.57 bits per heavy atom. The number of likely N-dealkylation sites (tertiary alicyclic amines) is 1. The minimum atomic E-state index is -2.72. The van der Waals surface area contributed by atoms with Gasteiger partial charge in [0.2, 0.25) is 17.7 Å². The number of likely N-dealkylation sites (N-methyl/N-ethyl adjacent to an activating group) is 1. The molecule has 0 aromatic carbocycles. The van der Waals surface area contributed by atoms with Crippen LogP contribution in [0.25, 0.3) is 0 Å². The lowest BCUT2D eigenvalue weighted by Gasteiger charge is -2.33. The number of carbonyl (C=O) groups is 3. The van der Waals surface area contributed by atoms with E-state index in [1.165, 1.54) is 16.8 Å². The van der Waals surface area contributed by atoms with Crippen molar-refractivity contribution >= 4 is 17.7 Å². The monoisotopic (exact) mass is 303 g/mol. The van der Waals surface area contributed by atoms with E-state index < -0.39 is 12.0 Å². The number of halogens is 2. The molecule has 2 aliphatic heterocycles. The van der Waals surface area contributed by atoms with Gasteiger partial charge in [0.25, 0.3) is 5.92 Å². The van der Waals surface area contributed by atoms with Gasteiger partial charge in [-0.3, -0.25) is 14.4 Å². The molecule has 0 saturated carbocycles. The maximum atomic E-state index is 13.1. The van der Waals surface area contributed by atoms with Gasteiger partial charge in [-0.2, -0.15) is 0 Å². The van der Waals surface area contributed by atoms with E-state index in [0.717, 1.165) is 0 Å². The van der Waals surface area contributed by atoms with Gasteiger partial charge in [0.15, 0.2) is 0 Å². The molecule has 1 N–H and O–H groups in total. The number of nitrogens with zero attached hydrogens (tertiary/aromatic N) is 2. The first-order chi connectivity index (χ1) is 9.80. The van der Waals surface area contributed by atoms with Crippen LogP contribution in [-0.4, -0.2) is 66.2 Å². The molecule has 0 aromatic heterocycles. The molecule has 8 heteroatoms. The molecule has 3 amide bonds. The highest BCUT2D eigenvalue weighted by Crippen LogP contribution is 2.28. The van der Waals surface area contributed by atoms with Gasteiger partial charge in [0.05, 0.1) is 6.42 Å². The van der Waals surface area contributed by atoms with Crippen LogP contribution in [0.1, 0.15) is 25.7 Å². The zero-order valence-electron chi connectivity index (χ0n) is 11.9. The van der Waals surface area contributed by atoms with Crippen LogP contribution >= 0.6 is 0 Å². The topological polar surface area (TPSA) is 69.7 Å². The summed E-state index contributed by atoms with van der Waals surface area (Å²) >= 11 is 0. The van der Waals surface area contributed by atoms with Gasteiger partial charge in [-0.05, 0) is 0 Å². The molecule has 0 radical (unpaired) electrons. The van der Waals surface area contributed by atoms with Gasteiger partial charge < -0.3 is 15.1 Å². The van der Waals surface area contributed by atoms with Gasteiger partial charge in [0.1, 0.15) is 6.04 Å². The van der Waals surface area contributed by atoms with E-state index in [-0.39, 0.29) is 63.0 Å². The minimum absolute atomic E-state index is 0.0160. The van der Waals surface area contributed by atoms with Crippen LogP contribution in [-0.2, 0) is 14.4 Å². The molecule has 0 aromatic rings. The third-order valence-electron chi connectivity index (χ3n) is 4.02. The Morgan fingerprint density at radius 2 is 1.95 bits per heavy atom. The van der Waals surface area contributed by atoms with Crippen LogP contribution in [0.3, 0.4) is 0 Å². The lowest BCUT2D eigenvalue weighted by atomic mass is 10.0. The zero-order valence-corrected chi connectivity index (χ0v) is 11.9. The lowest BCUT2D eigenvalue weighted by molar-refractivity contribution is -0.144. The molecule has 2 fully saturated rings. The van der Waals surface area contributed by atoms with Crippen LogP contribution < -0.4 is 5.32 Å². The first kappa shape index (κ1) is 15.7. The normalized spacial score (nSPS) is 26.3. The predicted molar refractivity (Wildman–Crippen MR) is 69.6 cm³/mol. The second-order valence-corrected chi connectivity index (χ2v) is 5.50. The Kier molecular flexibility index (Phi) is 4.43. The maximum Gasteiger partial charge on any atom is 0.251 e. The molecule has 118 valence electrons. The maximum absolute atomic E-state index is 13.1. The Hall–Kier alpha value is -1.73. The Morgan fingerprint density at radius 1 is 1.33 bits per heavy atom. The summed E-state index contributed by atoms with van der Waals surface area (Å²) in [6, 6.07) is -0.866. The molecule has 0 spiro atoms. The number of alkyl halides is 2. The van der Waals surface area contributed by atoms with Gasteiger partial charge in [-0.1, -0.05) is 0 Å². The molecule has 1 atom stereocenters. The summed E-state index contributed by atoms with van der Waals surface area (Å²) in [4.78, 5) is 38.4. The summed E-state index contributed by atoms with van der Waals surface area (Å²) in [6.45, 7) is 0.221. The number of hydrogen-bond donors (Lipinski definition) is 1. The third-order valence-corrected chi connectivity index (χ3v) is 4.02. The van der Waals surface area contributed by atoms with Crippen molar-refractivity contribution in [3.8, 4) is 0 Å². The zero-order chi connectivity index (χ0) is 15.6. The lowest BCUT2D eigenvalue weighted by Crippen LogP contribution is -2.49. The average molecular weight is 303 g/mol. The minimum Gasteiger partial charge on any atom is -0.354 e. The highest BCUT2D eigenvalue weighted by atomic mass is 19.3. The summed E-state index contributed by atoms with van der Waals surface area (Å²) < 4.78 is 26.1. The second-order valence-electron chi connectivity index (χ2n) is 5.50. The first-order valence-corrected chi connectivity index (χ1v) is 6.99. The Bertz CT molecular complexity index is 446. The second kappa shape index (κ2) is 5.95. The third kappa shape index (κ3) is 3.68. The van der Waals surface area contributed by atoms with E-state index in [0.29, 0.717) is 0 Å². The molecule has 6 nitrogen and oxygen atoms in total. The number of nitrogens with one attached hydrogen (secondary N) is 1. The fourth-order valence-corrected chi connectivity index (χ4v) is 2.54. The van der Waals surface area contributed by atoms with Gasteiger partial charge in [-0.15, -0.1) is 0 Å². The number of hydrogen-bond acceptors (Lipinski definition) is 3. The Balaban J connectivity index is 1.97. The average Bonchev–Trinajstić information content (AvgIpc) is 2.53. The summed E-state index contributed by atoms with van der Waals surface area (Å²) in [7, 11) is 1.48. The molecule has 21 heavy (non-hydrogen) atoms. The fourth-order valence-electron chi connectivity index (χ4n) is 2.54. The van der Waals surface area contributed by atoms with Gasteiger partial charge in [0, 0.05) is 45.9 Å². The molecule has 0 unspecified atom stereocenters. The molecule has 2 heterocycles.